The fourth-order valence-electron chi connectivity index (χ4n) is 2.34. The summed E-state index contributed by atoms with van der Waals surface area (Å²) in [6.07, 6.45) is 0. The van der Waals surface area contributed by atoms with Crippen LogP contribution in [0, 0.1) is 11.3 Å². The number of carboxylic acids is 1. The van der Waals surface area contributed by atoms with Crippen molar-refractivity contribution in [2.75, 3.05) is 0 Å². The van der Waals surface area contributed by atoms with Gasteiger partial charge >= 0.3 is 5.97 Å². The van der Waals surface area contributed by atoms with Crippen molar-refractivity contribution in [1.82, 2.24) is 0 Å². The largest absolute Gasteiger partial charge is 0.478 e. The number of rotatable bonds is 1. The smallest absolute Gasteiger partial charge is 0.337 e. The zero-order valence-corrected chi connectivity index (χ0v) is 9.92. The number of nitrogens with zero attached hydrogens (tertiary/aromatic N) is 1. The van der Waals surface area contributed by atoms with Crippen molar-refractivity contribution < 1.29 is 9.90 Å². The van der Waals surface area contributed by atoms with Crippen molar-refractivity contribution in [1.29, 1.82) is 5.26 Å². The van der Waals surface area contributed by atoms with Gasteiger partial charge in [0.1, 0.15) is 6.07 Å². The van der Waals surface area contributed by atoms with Gasteiger partial charge in [0, 0.05) is 0 Å². The van der Waals surface area contributed by atoms with Crippen LogP contribution in [0.2, 0.25) is 0 Å². The topological polar surface area (TPSA) is 61.1 Å². The van der Waals surface area contributed by atoms with Crippen molar-refractivity contribution in [3.8, 4) is 6.07 Å². The van der Waals surface area contributed by atoms with Crippen LogP contribution in [0.3, 0.4) is 0 Å². The molecule has 0 saturated carbocycles. The van der Waals surface area contributed by atoms with Crippen LogP contribution in [0.25, 0.3) is 21.5 Å². The highest BCUT2D eigenvalue weighted by Crippen LogP contribution is 2.27. The van der Waals surface area contributed by atoms with Crippen LogP contribution < -0.4 is 0 Å². The summed E-state index contributed by atoms with van der Waals surface area (Å²) in [6, 6.07) is 16.8. The number of nitriles is 1. The molecular weight excluding hydrogens is 238 g/mol. The van der Waals surface area contributed by atoms with Crippen molar-refractivity contribution in [3.05, 3.63) is 59.7 Å². The number of carbonyl (C=O) groups is 1. The molecule has 90 valence electrons. The molecule has 0 radical (unpaired) electrons. The maximum absolute atomic E-state index is 11.4. The summed E-state index contributed by atoms with van der Waals surface area (Å²) in [5, 5.41) is 21.8. The van der Waals surface area contributed by atoms with Crippen molar-refractivity contribution in [2.24, 2.45) is 0 Å². The van der Waals surface area contributed by atoms with Crippen LogP contribution in [-0.2, 0) is 0 Å². The predicted molar refractivity (Wildman–Crippen MR) is 73.1 cm³/mol. The van der Waals surface area contributed by atoms with Gasteiger partial charge in [-0.25, -0.2) is 4.79 Å². The Balaban J connectivity index is 2.51. The molecule has 3 aromatic carbocycles. The van der Waals surface area contributed by atoms with E-state index in [1.54, 1.807) is 12.1 Å². The van der Waals surface area contributed by atoms with E-state index in [4.69, 9.17) is 5.26 Å². The first-order valence-corrected chi connectivity index (χ1v) is 5.79. The molecule has 0 aliphatic rings. The van der Waals surface area contributed by atoms with Crippen LogP contribution in [0.15, 0.2) is 48.5 Å². The summed E-state index contributed by atoms with van der Waals surface area (Å²) in [6.45, 7) is 0. The number of hydrogen-bond acceptors (Lipinski definition) is 2. The van der Waals surface area contributed by atoms with Gasteiger partial charge in [0.25, 0.3) is 0 Å². The first-order chi connectivity index (χ1) is 9.20. The molecule has 0 heterocycles. The predicted octanol–water partition coefficient (Wildman–Crippen LogP) is 3.56. The fourth-order valence-corrected chi connectivity index (χ4v) is 2.34. The molecule has 0 saturated heterocycles. The monoisotopic (exact) mass is 247 g/mol. The van der Waals surface area contributed by atoms with E-state index >= 15 is 0 Å². The van der Waals surface area contributed by atoms with Crippen molar-refractivity contribution in [2.45, 2.75) is 0 Å². The molecule has 3 heteroatoms. The van der Waals surface area contributed by atoms with E-state index in [2.05, 4.69) is 0 Å². The van der Waals surface area contributed by atoms with Crippen LogP contribution in [0.1, 0.15) is 15.9 Å². The molecule has 0 aliphatic heterocycles. The molecule has 3 nitrogen and oxygen atoms in total. The first kappa shape index (κ1) is 11.2. The van der Waals surface area contributed by atoms with E-state index in [9.17, 15) is 9.90 Å². The van der Waals surface area contributed by atoms with Gasteiger partial charge in [-0.05, 0) is 39.7 Å². The van der Waals surface area contributed by atoms with Crippen LogP contribution in [0.4, 0.5) is 0 Å². The molecule has 19 heavy (non-hydrogen) atoms. The minimum absolute atomic E-state index is 0.0748. The maximum Gasteiger partial charge on any atom is 0.337 e. The number of benzene rings is 3. The van der Waals surface area contributed by atoms with E-state index < -0.39 is 5.97 Å². The van der Waals surface area contributed by atoms with Crippen molar-refractivity contribution >= 4 is 27.5 Å². The molecule has 0 bridgehead atoms. The van der Waals surface area contributed by atoms with E-state index in [0.29, 0.717) is 5.39 Å². The molecule has 0 unspecified atom stereocenters. The molecule has 0 fully saturated rings. The molecule has 3 aromatic rings. The van der Waals surface area contributed by atoms with E-state index in [-0.39, 0.29) is 11.1 Å². The summed E-state index contributed by atoms with van der Waals surface area (Å²) >= 11 is 0. The summed E-state index contributed by atoms with van der Waals surface area (Å²) in [5.74, 6) is -1.07. The van der Waals surface area contributed by atoms with Crippen LogP contribution in [0.5, 0.6) is 0 Å². The Morgan fingerprint density at radius 2 is 1.68 bits per heavy atom. The van der Waals surface area contributed by atoms with Gasteiger partial charge in [-0.15, -0.1) is 0 Å². The SMILES string of the molecule is N#Cc1ccc2cc3ccccc3cc2c1C(=O)O. The molecule has 0 atom stereocenters. The quantitative estimate of drug-likeness (QED) is 0.669. The lowest BCUT2D eigenvalue weighted by Gasteiger charge is -2.07. The first-order valence-electron chi connectivity index (χ1n) is 5.79. The van der Waals surface area contributed by atoms with Crippen LogP contribution >= 0.6 is 0 Å². The van der Waals surface area contributed by atoms with Gasteiger partial charge in [0.05, 0.1) is 11.1 Å². The summed E-state index contributed by atoms with van der Waals surface area (Å²) in [4.78, 5) is 11.4. The Hall–Kier alpha value is -2.86. The lowest BCUT2D eigenvalue weighted by Crippen LogP contribution is -2.01. The van der Waals surface area contributed by atoms with Gasteiger partial charge in [-0.2, -0.15) is 5.26 Å². The highest BCUT2D eigenvalue weighted by atomic mass is 16.4. The third-order valence-corrected chi connectivity index (χ3v) is 3.22. The molecule has 0 spiro atoms. The fraction of sp³-hybridized carbons (Fsp3) is 0. The zero-order valence-electron chi connectivity index (χ0n) is 9.92. The minimum Gasteiger partial charge on any atom is -0.478 e. The standard InChI is InChI=1S/C16H9NO2/c17-9-13-6-5-12-7-10-3-1-2-4-11(10)8-14(12)15(13)16(18)19/h1-8H,(H,18,19). The van der Waals surface area contributed by atoms with E-state index in [1.165, 1.54) is 0 Å². The highest BCUT2D eigenvalue weighted by Gasteiger charge is 2.14. The van der Waals surface area contributed by atoms with Gasteiger partial charge < -0.3 is 5.11 Å². The summed E-state index contributed by atoms with van der Waals surface area (Å²) < 4.78 is 0. The van der Waals surface area contributed by atoms with E-state index in [1.807, 2.05) is 42.5 Å². The van der Waals surface area contributed by atoms with Crippen LogP contribution in [-0.4, -0.2) is 11.1 Å². The average molecular weight is 247 g/mol. The summed E-state index contributed by atoms with van der Waals surface area (Å²) in [7, 11) is 0. The Bertz CT molecular complexity index is 860. The maximum atomic E-state index is 11.4. The van der Waals surface area contributed by atoms with Gasteiger partial charge in [0.15, 0.2) is 0 Å². The van der Waals surface area contributed by atoms with Crippen molar-refractivity contribution in [3.63, 3.8) is 0 Å². The average Bonchev–Trinajstić information content (AvgIpc) is 2.43. The number of aromatic carboxylic acids is 1. The second-order valence-electron chi connectivity index (χ2n) is 4.33. The molecule has 3 rings (SSSR count). The third-order valence-electron chi connectivity index (χ3n) is 3.22. The second kappa shape index (κ2) is 4.11. The normalized spacial score (nSPS) is 10.5. The minimum atomic E-state index is -1.07. The molecule has 0 aliphatic carbocycles. The second-order valence-corrected chi connectivity index (χ2v) is 4.33. The Labute approximate surface area is 109 Å². The van der Waals surface area contributed by atoms with Gasteiger partial charge in [-0.3, -0.25) is 0 Å². The third kappa shape index (κ3) is 1.71. The van der Waals surface area contributed by atoms with E-state index in [0.717, 1.165) is 16.2 Å². The zero-order chi connectivity index (χ0) is 13.4. The Morgan fingerprint density at radius 1 is 1.00 bits per heavy atom. The number of fused-ring (bicyclic) bond motifs is 2. The molecular formula is C16H9NO2. The Kier molecular flexibility index (Phi) is 2.43. The summed E-state index contributed by atoms with van der Waals surface area (Å²) in [5.41, 5.74) is 0.265. The number of carboxylic acid groups (broad SMARTS) is 1. The number of hydrogen-bond donors (Lipinski definition) is 1. The Morgan fingerprint density at radius 3 is 2.32 bits per heavy atom. The molecule has 0 aromatic heterocycles. The highest BCUT2D eigenvalue weighted by molar-refractivity contribution is 6.10. The lowest BCUT2D eigenvalue weighted by atomic mass is 9.96. The molecule has 1 N–H and O–H groups in total. The molecule has 0 amide bonds. The van der Waals surface area contributed by atoms with Gasteiger partial charge in [-0.1, -0.05) is 30.3 Å². The lowest BCUT2D eigenvalue weighted by molar-refractivity contribution is 0.0698. The van der Waals surface area contributed by atoms with Gasteiger partial charge in [0.2, 0.25) is 0 Å².